The molecule has 6 heteroatoms. The predicted molar refractivity (Wildman–Crippen MR) is 131 cm³/mol. The van der Waals surface area contributed by atoms with Crippen molar-refractivity contribution in [1.29, 1.82) is 5.26 Å². The van der Waals surface area contributed by atoms with E-state index in [1.165, 1.54) is 11.8 Å². The highest BCUT2D eigenvalue weighted by molar-refractivity contribution is 6.09. The van der Waals surface area contributed by atoms with Crippen molar-refractivity contribution in [3.63, 3.8) is 0 Å². The molecule has 1 N–H and O–H groups in total. The highest BCUT2D eigenvalue weighted by atomic mass is 16.5. The van der Waals surface area contributed by atoms with Gasteiger partial charge in [-0.3, -0.25) is 4.79 Å². The van der Waals surface area contributed by atoms with Crippen LogP contribution in [0.5, 0.6) is 0 Å². The van der Waals surface area contributed by atoms with Crippen molar-refractivity contribution >= 4 is 27.8 Å². The number of carbonyl (C=O) groups excluding carboxylic acids is 1. The summed E-state index contributed by atoms with van der Waals surface area (Å²) in [6.45, 7) is 5.43. The van der Waals surface area contributed by atoms with E-state index >= 15 is 0 Å². The Kier molecular flexibility index (Phi) is 9.89. The zero-order valence-corrected chi connectivity index (χ0v) is 19.5. The number of anilines is 1. The molecule has 1 fully saturated rings. The molecule has 0 aliphatic carbocycles. The number of nitriles is 1. The molecule has 33 heavy (non-hydrogen) atoms. The predicted octanol–water partition coefficient (Wildman–Crippen LogP) is 4.50. The molecule has 1 saturated heterocycles. The lowest BCUT2D eigenvalue weighted by Gasteiger charge is -2.32. The van der Waals surface area contributed by atoms with Crippen molar-refractivity contribution in [3.05, 3.63) is 47.5 Å². The largest absolute Gasteiger partial charge is 0.394 e. The van der Waals surface area contributed by atoms with E-state index in [-0.39, 0.29) is 24.4 Å². The molecule has 6 nitrogen and oxygen atoms in total. The van der Waals surface area contributed by atoms with Gasteiger partial charge in [-0.2, -0.15) is 5.26 Å². The lowest BCUT2D eigenvalue weighted by molar-refractivity contribution is -0.115. The fourth-order valence-electron chi connectivity index (χ4n) is 4.35. The number of aliphatic hydroxyl groups is 1. The molecule has 3 rings (SSSR count). The molecule has 0 unspecified atom stereocenters. The zero-order chi connectivity index (χ0) is 23.5. The number of nitrogens with zero attached hydrogens (tertiary/aromatic N) is 2. The maximum absolute atomic E-state index is 12.9. The van der Waals surface area contributed by atoms with Gasteiger partial charge in [0.15, 0.2) is 5.78 Å². The number of hydrogen-bond acceptors (Lipinski definition) is 6. The van der Waals surface area contributed by atoms with Crippen molar-refractivity contribution in [2.45, 2.75) is 39.0 Å². The van der Waals surface area contributed by atoms with Gasteiger partial charge in [0.1, 0.15) is 6.07 Å². The molecule has 0 bridgehead atoms. The summed E-state index contributed by atoms with van der Waals surface area (Å²) in [6, 6.07) is 14.6. The quantitative estimate of drug-likeness (QED) is 0.291. The van der Waals surface area contributed by atoms with Crippen LogP contribution in [-0.2, 0) is 14.3 Å². The smallest absolute Gasteiger partial charge is 0.173 e. The number of aliphatic hydroxyl groups excluding tert-OH is 1. The molecule has 0 saturated carbocycles. The van der Waals surface area contributed by atoms with Crippen LogP contribution in [0.25, 0.3) is 16.3 Å². The van der Waals surface area contributed by atoms with Crippen molar-refractivity contribution in [3.8, 4) is 6.07 Å². The maximum Gasteiger partial charge on any atom is 0.173 e. The van der Waals surface area contributed by atoms with Gasteiger partial charge in [-0.15, -0.1) is 0 Å². The van der Waals surface area contributed by atoms with Gasteiger partial charge in [0.05, 0.1) is 37.7 Å². The average molecular weight is 451 g/mol. The van der Waals surface area contributed by atoms with E-state index in [0.717, 1.165) is 48.1 Å². The monoisotopic (exact) mass is 450 g/mol. The normalized spacial score (nSPS) is 14.8. The second-order valence-corrected chi connectivity index (χ2v) is 8.32. The summed E-state index contributed by atoms with van der Waals surface area (Å²) in [5.74, 6) is -0.145. The first-order valence-corrected chi connectivity index (χ1v) is 11.8. The third-order valence-corrected chi connectivity index (χ3v) is 6.04. The summed E-state index contributed by atoms with van der Waals surface area (Å²) < 4.78 is 10.6. The first kappa shape index (κ1) is 24.9. The molecule has 176 valence electrons. The molecule has 0 aromatic heterocycles. The Hall–Kier alpha value is -2.72. The Morgan fingerprint density at radius 3 is 2.48 bits per heavy atom. The van der Waals surface area contributed by atoms with Crippen molar-refractivity contribution in [1.82, 2.24) is 0 Å². The van der Waals surface area contributed by atoms with Crippen molar-refractivity contribution < 1.29 is 19.4 Å². The third kappa shape index (κ3) is 6.64. The molecule has 0 radical (unpaired) electrons. The Labute approximate surface area is 196 Å². The Morgan fingerprint density at radius 1 is 1.03 bits per heavy atom. The van der Waals surface area contributed by atoms with Crippen LogP contribution in [0.2, 0.25) is 0 Å². The van der Waals surface area contributed by atoms with E-state index in [1.807, 2.05) is 19.1 Å². The zero-order valence-electron chi connectivity index (χ0n) is 19.5. The number of rotatable bonds is 12. The van der Waals surface area contributed by atoms with Crippen LogP contribution in [0.4, 0.5) is 5.69 Å². The number of carbonyl (C=O) groups is 1. The van der Waals surface area contributed by atoms with Crippen LogP contribution in [0.15, 0.2) is 42.0 Å². The first-order chi connectivity index (χ1) is 16.2. The van der Waals surface area contributed by atoms with E-state index < -0.39 is 0 Å². The summed E-state index contributed by atoms with van der Waals surface area (Å²) >= 11 is 0. The molecule has 2 aromatic rings. The number of fused-ring (bicyclic) bond motifs is 1. The molecule has 2 aromatic carbocycles. The van der Waals surface area contributed by atoms with Crippen molar-refractivity contribution in [2.24, 2.45) is 0 Å². The summed E-state index contributed by atoms with van der Waals surface area (Å²) in [6.07, 6.45) is 4.36. The number of Topliss-reactive ketones (excluding diaryl/α,β-unsaturated/α-hetero) is 1. The molecular weight excluding hydrogens is 416 g/mol. The molecule has 0 atom stereocenters. The third-order valence-electron chi connectivity index (χ3n) is 6.04. The number of ketones is 1. The number of piperidine rings is 1. The highest BCUT2D eigenvalue weighted by Gasteiger charge is 2.21. The Morgan fingerprint density at radius 2 is 1.76 bits per heavy atom. The summed E-state index contributed by atoms with van der Waals surface area (Å²) in [7, 11) is 0. The average Bonchev–Trinajstić information content (AvgIpc) is 2.85. The van der Waals surface area contributed by atoms with E-state index in [9.17, 15) is 10.1 Å². The van der Waals surface area contributed by atoms with Gasteiger partial charge in [-0.05, 0) is 43.6 Å². The van der Waals surface area contributed by atoms with E-state index in [1.54, 1.807) is 0 Å². The number of ether oxygens (including phenoxy) is 2. The lowest BCUT2D eigenvalue weighted by Crippen LogP contribution is -2.30. The summed E-state index contributed by atoms with van der Waals surface area (Å²) in [4.78, 5) is 15.3. The van der Waals surface area contributed by atoms with Crippen LogP contribution in [0.3, 0.4) is 0 Å². The fourth-order valence-corrected chi connectivity index (χ4v) is 4.35. The van der Waals surface area contributed by atoms with E-state index in [0.29, 0.717) is 32.8 Å². The molecular formula is C27H34N2O4. The van der Waals surface area contributed by atoms with Crippen LogP contribution < -0.4 is 4.90 Å². The highest BCUT2D eigenvalue weighted by Crippen LogP contribution is 2.37. The molecule has 1 aliphatic rings. The van der Waals surface area contributed by atoms with Gasteiger partial charge in [0.2, 0.25) is 0 Å². The summed E-state index contributed by atoms with van der Waals surface area (Å²) in [5.41, 5.74) is 3.08. The topological polar surface area (TPSA) is 82.8 Å². The SMILES string of the molecule is C/C(=C(/C#N)C(=O)CCCOCCOCCO)c1ccc2ccccc2c1N1CCCCC1. The van der Waals surface area contributed by atoms with Crippen LogP contribution in [0, 0.1) is 11.3 Å². The molecule has 1 heterocycles. The van der Waals surface area contributed by atoms with E-state index in [4.69, 9.17) is 14.6 Å². The molecule has 0 amide bonds. The summed E-state index contributed by atoms with van der Waals surface area (Å²) in [5, 5.41) is 20.9. The van der Waals surface area contributed by atoms with Gasteiger partial charge < -0.3 is 19.5 Å². The lowest BCUT2D eigenvalue weighted by atomic mass is 9.92. The van der Waals surface area contributed by atoms with Crippen LogP contribution in [-0.4, -0.2) is 57.0 Å². The van der Waals surface area contributed by atoms with Crippen molar-refractivity contribution in [2.75, 3.05) is 51.0 Å². The van der Waals surface area contributed by atoms with Crippen LogP contribution in [0.1, 0.15) is 44.6 Å². The minimum Gasteiger partial charge on any atom is -0.394 e. The van der Waals surface area contributed by atoms with Gasteiger partial charge in [-0.25, -0.2) is 0 Å². The van der Waals surface area contributed by atoms with Gasteiger partial charge in [0, 0.05) is 37.1 Å². The number of hydrogen-bond donors (Lipinski definition) is 1. The maximum atomic E-state index is 12.9. The Balaban J connectivity index is 1.77. The molecule has 1 aliphatic heterocycles. The standard InChI is InChI=1S/C27H34N2O4/c1-21(25(20-28)26(31)10-7-16-32-18-19-33-17-15-30)23-12-11-22-8-3-4-9-24(22)27(23)29-13-5-2-6-14-29/h3-4,8-9,11-12,30H,2,5-7,10,13-19H2,1H3/b25-21+. The van der Waals surface area contributed by atoms with Gasteiger partial charge >= 0.3 is 0 Å². The second-order valence-electron chi connectivity index (χ2n) is 8.32. The van der Waals surface area contributed by atoms with Crippen LogP contribution >= 0.6 is 0 Å². The van der Waals surface area contributed by atoms with Gasteiger partial charge in [0.25, 0.3) is 0 Å². The first-order valence-electron chi connectivity index (χ1n) is 11.8. The Bertz CT molecular complexity index is 1000. The number of allylic oxidation sites excluding steroid dienone is 2. The van der Waals surface area contributed by atoms with Gasteiger partial charge in [-0.1, -0.05) is 36.4 Å². The minimum absolute atomic E-state index is 0.00614. The second kappa shape index (κ2) is 13.1. The fraction of sp³-hybridized carbons (Fsp3) is 0.481. The van der Waals surface area contributed by atoms with E-state index in [2.05, 4.69) is 35.2 Å². The number of benzene rings is 2. The minimum atomic E-state index is -0.145. The molecule has 0 spiro atoms.